The second-order valence-corrected chi connectivity index (χ2v) is 7.47. The van der Waals surface area contributed by atoms with E-state index in [0.29, 0.717) is 30.6 Å². The molecule has 0 radical (unpaired) electrons. The number of ether oxygens (including phenoxy) is 1. The Morgan fingerprint density at radius 3 is 2.67 bits per heavy atom. The van der Waals surface area contributed by atoms with E-state index >= 15 is 0 Å². The van der Waals surface area contributed by atoms with E-state index in [2.05, 4.69) is 13.8 Å². The lowest BCUT2D eigenvalue weighted by atomic mass is 9.58. The summed E-state index contributed by atoms with van der Waals surface area (Å²) >= 11 is 0. The molecule has 0 aromatic rings. The molecule has 1 aliphatic heterocycles. The molecular formula is C15H20O3. The Morgan fingerprint density at radius 1 is 1.11 bits per heavy atom. The van der Waals surface area contributed by atoms with Crippen molar-refractivity contribution in [1.82, 2.24) is 0 Å². The molecule has 1 heterocycles. The molecule has 1 spiro atoms. The van der Waals surface area contributed by atoms with Crippen LogP contribution in [0, 0.1) is 34.5 Å². The molecule has 2 bridgehead atoms. The Labute approximate surface area is 107 Å². The highest BCUT2D eigenvalue weighted by Crippen LogP contribution is 2.73. The Hall–Kier alpha value is -0.860. The van der Waals surface area contributed by atoms with Gasteiger partial charge in [0.25, 0.3) is 0 Å². The summed E-state index contributed by atoms with van der Waals surface area (Å²) in [5.41, 5.74) is 0.259. The Morgan fingerprint density at radius 2 is 1.89 bits per heavy atom. The van der Waals surface area contributed by atoms with Gasteiger partial charge in [-0.05, 0) is 36.5 Å². The van der Waals surface area contributed by atoms with Crippen molar-refractivity contribution in [2.75, 3.05) is 6.61 Å². The number of hydrogen-bond donors (Lipinski definition) is 0. The summed E-state index contributed by atoms with van der Waals surface area (Å²) in [6, 6.07) is 0. The maximum atomic E-state index is 12.3. The first-order chi connectivity index (χ1) is 8.47. The van der Waals surface area contributed by atoms with Crippen molar-refractivity contribution in [3.8, 4) is 0 Å². The van der Waals surface area contributed by atoms with E-state index in [1.165, 1.54) is 0 Å². The summed E-state index contributed by atoms with van der Waals surface area (Å²) in [7, 11) is 0. The molecule has 0 aromatic heterocycles. The predicted molar refractivity (Wildman–Crippen MR) is 64.6 cm³/mol. The topological polar surface area (TPSA) is 43.4 Å². The summed E-state index contributed by atoms with van der Waals surface area (Å²) in [6.45, 7) is 5.01. The van der Waals surface area contributed by atoms with E-state index in [-0.39, 0.29) is 28.6 Å². The molecule has 18 heavy (non-hydrogen) atoms. The molecule has 98 valence electrons. The maximum absolute atomic E-state index is 12.3. The van der Waals surface area contributed by atoms with Gasteiger partial charge >= 0.3 is 5.97 Å². The van der Waals surface area contributed by atoms with E-state index in [0.717, 1.165) is 19.3 Å². The minimum atomic E-state index is -0.0289. The lowest BCUT2D eigenvalue weighted by Gasteiger charge is -2.47. The van der Waals surface area contributed by atoms with Gasteiger partial charge in [0.1, 0.15) is 12.4 Å². The van der Waals surface area contributed by atoms with Crippen LogP contribution in [0.4, 0.5) is 0 Å². The summed E-state index contributed by atoms with van der Waals surface area (Å²) < 4.78 is 5.30. The van der Waals surface area contributed by atoms with Crippen LogP contribution in [0.3, 0.4) is 0 Å². The zero-order valence-corrected chi connectivity index (χ0v) is 11.1. The third-order valence-electron chi connectivity index (χ3n) is 6.49. The van der Waals surface area contributed by atoms with Gasteiger partial charge in [0.2, 0.25) is 0 Å². The quantitative estimate of drug-likeness (QED) is 0.617. The fourth-order valence-electron chi connectivity index (χ4n) is 6.03. The molecule has 1 saturated heterocycles. The van der Waals surface area contributed by atoms with E-state index < -0.39 is 0 Å². The van der Waals surface area contributed by atoms with Gasteiger partial charge in [-0.2, -0.15) is 0 Å². The summed E-state index contributed by atoms with van der Waals surface area (Å²) in [5.74, 6) is 1.44. The van der Waals surface area contributed by atoms with Crippen LogP contribution >= 0.6 is 0 Å². The monoisotopic (exact) mass is 248 g/mol. The smallest absolute Gasteiger partial charge is 0.309 e. The van der Waals surface area contributed by atoms with E-state index in [9.17, 15) is 9.59 Å². The number of cyclic esters (lactones) is 1. The number of carbonyl (C=O) groups is 2. The zero-order valence-electron chi connectivity index (χ0n) is 11.1. The Balaban J connectivity index is 1.90. The number of carbonyl (C=O) groups excluding carboxylic acids is 2. The van der Waals surface area contributed by atoms with Crippen LogP contribution in [0.2, 0.25) is 0 Å². The lowest BCUT2D eigenvalue weighted by Crippen LogP contribution is -2.51. The third kappa shape index (κ3) is 0.996. The standard InChI is InChI=1S/C15H20O3/c1-14(2)7-15-9-4-3-8(14)10(15)5-12(16)11(15)6-18-13(9)17/h8-11H,3-7H2,1-2H3. The fourth-order valence-corrected chi connectivity index (χ4v) is 6.03. The Kier molecular flexibility index (Phi) is 1.83. The molecule has 0 amide bonds. The van der Waals surface area contributed by atoms with Crippen LogP contribution in [-0.2, 0) is 14.3 Å². The molecule has 3 saturated carbocycles. The minimum absolute atomic E-state index is 0.00530. The van der Waals surface area contributed by atoms with Gasteiger partial charge in [-0.1, -0.05) is 13.8 Å². The minimum Gasteiger partial charge on any atom is -0.465 e. The van der Waals surface area contributed by atoms with Crippen LogP contribution in [0.1, 0.15) is 39.5 Å². The van der Waals surface area contributed by atoms with Gasteiger partial charge in [-0.25, -0.2) is 0 Å². The van der Waals surface area contributed by atoms with Crippen molar-refractivity contribution < 1.29 is 14.3 Å². The SMILES string of the molecule is CC1(C)CC23C4COC(=O)C2CCC1C3CC4=O. The lowest BCUT2D eigenvalue weighted by molar-refractivity contribution is -0.175. The maximum Gasteiger partial charge on any atom is 0.309 e. The Bertz CT molecular complexity index is 451. The van der Waals surface area contributed by atoms with Crippen LogP contribution < -0.4 is 0 Å². The molecule has 4 rings (SSSR count). The van der Waals surface area contributed by atoms with Gasteiger partial charge in [-0.3, -0.25) is 9.59 Å². The molecule has 4 fully saturated rings. The summed E-state index contributed by atoms with van der Waals surface area (Å²) in [4.78, 5) is 24.4. The molecule has 0 N–H and O–H groups in total. The van der Waals surface area contributed by atoms with E-state index in [1.54, 1.807) is 0 Å². The van der Waals surface area contributed by atoms with Crippen molar-refractivity contribution >= 4 is 11.8 Å². The molecule has 0 aromatic carbocycles. The highest BCUT2D eigenvalue weighted by atomic mass is 16.5. The first-order valence-corrected chi connectivity index (χ1v) is 7.16. The fraction of sp³-hybridized carbons (Fsp3) is 0.867. The normalized spacial score (nSPS) is 52.1. The number of rotatable bonds is 0. The number of hydrogen-bond acceptors (Lipinski definition) is 3. The highest BCUT2D eigenvalue weighted by Gasteiger charge is 2.72. The van der Waals surface area contributed by atoms with Gasteiger partial charge in [0.15, 0.2) is 0 Å². The van der Waals surface area contributed by atoms with Crippen molar-refractivity contribution in [2.45, 2.75) is 39.5 Å². The average molecular weight is 248 g/mol. The molecule has 5 unspecified atom stereocenters. The average Bonchev–Trinajstić information content (AvgIpc) is 2.60. The molecule has 3 aliphatic carbocycles. The van der Waals surface area contributed by atoms with Gasteiger partial charge in [-0.15, -0.1) is 0 Å². The van der Waals surface area contributed by atoms with Crippen LogP contribution in [-0.4, -0.2) is 18.4 Å². The molecule has 5 atom stereocenters. The third-order valence-corrected chi connectivity index (χ3v) is 6.49. The molecule has 4 aliphatic rings. The van der Waals surface area contributed by atoms with Crippen LogP contribution in [0.15, 0.2) is 0 Å². The highest BCUT2D eigenvalue weighted by molar-refractivity contribution is 5.89. The zero-order chi connectivity index (χ0) is 12.7. The molecule has 3 nitrogen and oxygen atoms in total. The van der Waals surface area contributed by atoms with Crippen molar-refractivity contribution in [3.05, 3.63) is 0 Å². The van der Waals surface area contributed by atoms with Gasteiger partial charge < -0.3 is 4.74 Å². The number of ketones is 1. The van der Waals surface area contributed by atoms with E-state index in [1.807, 2.05) is 0 Å². The van der Waals surface area contributed by atoms with Gasteiger partial charge in [0, 0.05) is 11.8 Å². The summed E-state index contributed by atoms with van der Waals surface area (Å²) in [6.07, 6.45) is 3.78. The second-order valence-electron chi connectivity index (χ2n) is 7.47. The largest absolute Gasteiger partial charge is 0.465 e. The molecular weight excluding hydrogens is 228 g/mol. The van der Waals surface area contributed by atoms with Crippen molar-refractivity contribution in [1.29, 1.82) is 0 Å². The van der Waals surface area contributed by atoms with E-state index in [4.69, 9.17) is 4.74 Å². The number of Topliss-reactive ketones (excluding diaryl/α,β-unsaturated/α-hetero) is 1. The second kappa shape index (κ2) is 3.00. The first-order valence-electron chi connectivity index (χ1n) is 7.16. The molecule has 3 heteroatoms. The van der Waals surface area contributed by atoms with Crippen LogP contribution in [0.25, 0.3) is 0 Å². The summed E-state index contributed by atoms with van der Waals surface area (Å²) in [5, 5.41) is 0. The van der Waals surface area contributed by atoms with Crippen molar-refractivity contribution in [3.63, 3.8) is 0 Å². The first kappa shape index (κ1) is 11.0. The predicted octanol–water partition coefficient (Wildman–Crippen LogP) is 2.19. The van der Waals surface area contributed by atoms with Crippen LogP contribution in [0.5, 0.6) is 0 Å². The van der Waals surface area contributed by atoms with Crippen molar-refractivity contribution in [2.24, 2.45) is 34.5 Å². The van der Waals surface area contributed by atoms with Gasteiger partial charge in [0.05, 0.1) is 11.8 Å². The number of esters is 1.